The standard InChI is InChI=1S/C23H28N2S/c1-5-15-9-10-19(17(7-3)11-15)23-22-18(8-4)12-16(6-2)13-20(22)25-21(26)14-24-23/h9-13H,5-8,14H2,1-4H3,(H,25,26). The second kappa shape index (κ2) is 8.13. The molecule has 136 valence electrons. The molecule has 0 aliphatic carbocycles. The van der Waals surface area contributed by atoms with Crippen LogP contribution in [0.3, 0.4) is 0 Å². The van der Waals surface area contributed by atoms with Crippen molar-refractivity contribution < 1.29 is 0 Å². The molecule has 1 heterocycles. The summed E-state index contributed by atoms with van der Waals surface area (Å²) in [4.78, 5) is 5.75. The van der Waals surface area contributed by atoms with Crippen LogP contribution < -0.4 is 5.32 Å². The molecule has 0 fully saturated rings. The third-order valence-electron chi connectivity index (χ3n) is 5.17. The highest BCUT2D eigenvalue weighted by Crippen LogP contribution is 2.30. The normalized spacial score (nSPS) is 13.7. The van der Waals surface area contributed by atoms with E-state index in [4.69, 9.17) is 17.2 Å². The average molecular weight is 365 g/mol. The fourth-order valence-corrected chi connectivity index (χ4v) is 3.83. The number of hydrogen-bond donors (Lipinski definition) is 1. The second-order valence-electron chi connectivity index (χ2n) is 6.80. The van der Waals surface area contributed by atoms with Crippen LogP contribution in [-0.2, 0) is 25.7 Å². The van der Waals surface area contributed by atoms with Crippen molar-refractivity contribution >= 4 is 28.6 Å². The molecule has 0 radical (unpaired) electrons. The van der Waals surface area contributed by atoms with Gasteiger partial charge in [0.05, 0.1) is 12.3 Å². The van der Waals surface area contributed by atoms with Crippen LogP contribution >= 0.6 is 12.2 Å². The first-order valence-corrected chi connectivity index (χ1v) is 10.1. The summed E-state index contributed by atoms with van der Waals surface area (Å²) in [5.41, 5.74) is 10.1. The summed E-state index contributed by atoms with van der Waals surface area (Å²) in [6.07, 6.45) is 4.07. The van der Waals surface area contributed by atoms with Gasteiger partial charge in [0.15, 0.2) is 0 Å². The van der Waals surface area contributed by atoms with Crippen LogP contribution in [0, 0.1) is 0 Å². The molecule has 0 bridgehead atoms. The van der Waals surface area contributed by atoms with E-state index in [-0.39, 0.29) is 0 Å². The van der Waals surface area contributed by atoms with E-state index >= 15 is 0 Å². The van der Waals surface area contributed by atoms with Crippen LogP contribution in [0.2, 0.25) is 0 Å². The van der Waals surface area contributed by atoms with Crippen molar-refractivity contribution in [1.82, 2.24) is 0 Å². The third kappa shape index (κ3) is 3.59. The fraction of sp³-hybridized carbons (Fsp3) is 0.391. The maximum atomic E-state index is 5.51. The molecule has 0 amide bonds. The number of thiocarbonyl (C=S) groups is 1. The quantitative estimate of drug-likeness (QED) is 0.706. The second-order valence-corrected chi connectivity index (χ2v) is 7.29. The number of benzodiazepines with no additional fused rings is 1. The molecule has 0 saturated heterocycles. The first kappa shape index (κ1) is 18.8. The summed E-state index contributed by atoms with van der Waals surface area (Å²) in [5.74, 6) is 0. The molecule has 26 heavy (non-hydrogen) atoms. The predicted octanol–water partition coefficient (Wildman–Crippen LogP) is 5.53. The molecule has 2 aromatic rings. The number of nitrogens with zero attached hydrogens (tertiary/aromatic N) is 1. The summed E-state index contributed by atoms with van der Waals surface area (Å²) in [5, 5.41) is 3.45. The van der Waals surface area contributed by atoms with Crippen LogP contribution in [0.5, 0.6) is 0 Å². The molecule has 2 aromatic carbocycles. The first-order valence-electron chi connectivity index (χ1n) is 9.73. The van der Waals surface area contributed by atoms with Crippen molar-refractivity contribution in [3.05, 3.63) is 63.7 Å². The zero-order valence-electron chi connectivity index (χ0n) is 16.3. The fourth-order valence-electron chi connectivity index (χ4n) is 3.66. The van der Waals surface area contributed by atoms with Gasteiger partial charge in [0.25, 0.3) is 0 Å². The molecule has 1 aliphatic heterocycles. The van der Waals surface area contributed by atoms with Crippen molar-refractivity contribution in [2.24, 2.45) is 4.99 Å². The zero-order valence-corrected chi connectivity index (χ0v) is 17.1. The van der Waals surface area contributed by atoms with Crippen LogP contribution in [0.25, 0.3) is 0 Å². The number of fused-ring (bicyclic) bond motifs is 1. The summed E-state index contributed by atoms with van der Waals surface area (Å²) in [6, 6.07) is 11.4. The molecule has 0 aromatic heterocycles. The molecular formula is C23H28N2S. The van der Waals surface area contributed by atoms with Crippen LogP contribution in [0.15, 0.2) is 35.3 Å². The monoisotopic (exact) mass is 364 g/mol. The highest BCUT2D eigenvalue weighted by molar-refractivity contribution is 7.80. The van der Waals surface area contributed by atoms with Gasteiger partial charge >= 0.3 is 0 Å². The number of benzene rings is 2. The first-order chi connectivity index (χ1) is 12.6. The Bertz CT molecular complexity index is 865. The minimum Gasteiger partial charge on any atom is -0.348 e. The van der Waals surface area contributed by atoms with Crippen LogP contribution in [0.4, 0.5) is 5.69 Å². The maximum Gasteiger partial charge on any atom is 0.102 e. The molecular weight excluding hydrogens is 336 g/mol. The zero-order chi connectivity index (χ0) is 18.7. The van der Waals surface area contributed by atoms with Gasteiger partial charge in [0, 0.05) is 16.8 Å². The molecule has 2 nitrogen and oxygen atoms in total. The number of rotatable bonds is 5. The van der Waals surface area contributed by atoms with E-state index < -0.39 is 0 Å². The van der Waals surface area contributed by atoms with Gasteiger partial charge in [-0.25, -0.2) is 0 Å². The molecule has 1 aliphatic rings. The maximum absolute atomic E-state index is 5.51. The van der Waals surface area contributed by atoms with Gasteiger partial charge in [0.1, 0.15) is 4.99 Å². The highest BCUT2D eigenvalue weighted by Gasteiger charge is 2.22. The predicted molar refractivity (Wildman–Crippen MR) is 117 cm³/mol. The van der Waals surface area contributed by atoms with Crippen molar-refractivity contribution in [1.29, 1.82) is 0 Å². The van der Waals surface area contributed by atoms with E-state index in [0.29, 0.717) is 6.54 Å². The van der Waals surface area contributed by atoms with Gasteiger partial charge in [0.2, 0.25) is 0 Å². The van der Waals surface area contributed by atoms with Gasteiger partial charge < -0.3 is 5.32 Å². The molecule has 3 heteroatoms. The van der Waals surface area contributed by atoms with Gasteiger partial charge in [-0.3, -0.25) is 4.99 Å². The van der Waals surface area contributed by atoms with Crippen molar-refractivity contribution in [2.45, 2.75) is 53.4 Å². The number of hydrogen-bond acceptors (Lipinski definition) is 2. The lowest BCUT2D eigenvalue weighted by Gasteiger charge is -2.19. The minimum absolute atomic E-state index is 0.544. The van der Waals surface area contributed by atoms with Crippen molar-refractivity contribution in [2.75, 3.05) is 11.9 Å². The van der Waals surface area contributed by atoms with Gasteiger partial charge in [-0.1, -0.05) is 64.2 Å². The van der Waals surface area contributed by atoms with Crippen molar-refractivity contribution in [3.8, 4) is 0 Å². The van der Waals surface area contributed by atoms with Crippen molar-refractivity contribution in [3.63, 3.8) is 0 Å². The molecule has 0 spiro atoms. The summed E-state index contributed by atoms with van der Waals surface area (Å²) in [6.45, 7) is 9.39. The largest absolute Gasteiger partial charge is 0.348 e. The Morgan fingerprint density at radius 3 is 2.23 bits per heavy atom. The minimum atomic E-state index is 0.544. The summed E-state index contributed by atoms with van der Waals surface area (Å²) < 4.78 is 0. The number of anilines is 1. The lowest BCUT2D eigenvalue weighted by molar-refractivity contribution is 1.07. The van der Waals surface area contributed by atoms with E-state index in [0.717, 1.165) is 42.1 Å². The number of aryl methyl sites for hydroxylation is 4. The highest BCUT2D eigenvalue weighted by atomic mass is 32.1. The van der Waals surface area contributed by atoms with Crippen LogP contribution in [-0.4, -0.2) is 17.2 Å². The van der Waals surface area contributed by atoms with Gasteiger partial charge in [-0.15, -0.1) is 0 Å². The van der Waals surface area contributed by atoms with E-state index in [9.17, 15) is 0 Å². The Morgan fingerprint density at radius 2 is 1.58 bits per heavy atom. The SMILES string of the molecule is CCc1ccc(C2=NCC(=S)Nc3cc(CC)cc(CC)c32)c(CC)c1. The van der Waals surface area contributed by atoms with E-state index in [1.165, 1.54) is 33.4 Å². The summed E-state index contributed by atoms with van der Waals surface area (Å²) in [7, 11) is 0. The Balaban J connectivity index is 2.25. The average Bonchev–Trinajstić information content (AvgIpc) is 2.84. The van der Waals surface area contributed by atoms with E-state index in [1.807, 2.05) is 0 Å². The topological polar surface area (TPSA) is 24.4 Å². The Hall–Kier alpha value is -2.00. The molecule has 1 N–H and O–H groups in total. The Labute approximate surface area is 162 Å². The van der Waals surface area contributed by atoms with Crippen LogP contribution in [0.1, 0.15) is 61.1 Å². The lowest BCUT2D eigenvalue weighted by Crippen LogP contribution is -2.13. The molecule has 0 atom stereocenters. The Morgan fingerprint density at radius 1 is 0.885 bits per heavy atom. The molecule has 0 unspecified atom stereocenters. The van der Waals surface area contributed by atoms with E-state index in [2.05, 4.69) is 63.3 Å². The number of aliphatic imine (C=N–C) groups is 1. The van der Waals surface area contributed by atoms with E-state index in [1.54, 1.807) is 0 Å². The Kier molecular flexibility index (Phi) is 5.87. The number of nitrogens with one attached hydrogen (secondary N) is 1. The van der Waals surface area contributed by atoms with Gasteiger partial charge in [-0.05, 0) is 54.0 Å². The molecule has 0 saturated carbocycles. The molecule has 3 rings (SSSR count). The smallest absolute Gasteiger partial charge is 0.102 e. The van der Waals surface area contributed by atoms with Gasteiger partial charge in [-0.2, -0.15) is 0 Å². The summed E-state index contributed by atoms with van der Waals surface area (Å²) >= 11 is 5.51. The third-order valence-corrected chi connectivity index (χ3v) is 5.41. The lowest BCUT2D eigenvalue weighted by atomic mass is 9.88.